The molecule has 0 fully saturated rings. The summed E-state index contributed by atoms with van der Waals surface area (Å²) in [6.07, 6.45) is 1.48. The van der Waals surface area contributed by atoms with E-state index in [2.05, 4.69) is 0 Å². The van der Waals surface area contributed by atoms with Crippen LogP contribution in [0.3, 0.4) is 0 Å². The Morgan fingerprint density at radius 3 is 2.33 bits per heavy atom. The number of aryl methyl sites for hydroxylation is 2. The smallest absolute Gasteiger partial charge is 0.197 e. The molecule has 0 atom stereocenters. The number of Topliss-reactive ketones (excluding diaryl/α,β-unsaturated/α-hetero) is 2. The average molecular weight is 420 g/mol. The highest BCUT2D eigenvalue weighted by molar-refractivity contribution is 6.42. The second kappa shape index (κ2) is 6.54. The van der Waals surface area contributed by atoms with E-state index in [0.717, 1.165) is 22.3 Å². The third-order valence-electron chi connectivity index (χ3n) is 5.45. The zero-order valence-electron chi connectivity index (χ0n) is 16.1. The second-order valence-corrected chi connectivity index (χ2v) is 7.76. The van der Waals surface area contributed by atoms with Gasteiger partial charge >= 0.3 is 0 Å². The Kier molecular flexibility index (Phi) is 4.05. The molecular weight excluding hydrogens is 405 g/mol. The molecule has 0 saturated heterocycles. The van der Waals surface area contributed by atoms with Crippen LogP contribution in [0.1, 0.15) is 32.0 Å². The molecule has 5 rings (SSSR count). The molecule has 0 unspecified atom stereocenters. The van der Waals surface area contributed by atoms with Crippen molar-refractivity contribution in [1.29, 1.82) is 0 Å². The van der Waals surface area contributed by atoms with Crippen molar-refractivity contribution in [1.82, 2.24) is 4.57 Å². The Labute approximate surface area is 176 Å². The molecule has 1 aliphatic rings. The predicted octanol–water partition coefficient (Wildman–Crippen LogP) is 6.00. The number of halogens is 2. The first kappa shape index (κ1) is 18.6. The maximum atomic E-state index is 13.2. The van der Waals surface area contributed by atoms with Crippen molar-refractivity contribution in [3.05, 3.63) is 87.4 Å². The van der Waals surface area contributed by atoms with E-state index in [1.165, 1.54) is 18.2 Å². The minimum atomic E-state index is -0.357. The number of aromatic nitrogens is 1. The molecule has 0 bridgehead atoms. The second-order valence-electron chi connectivity index (χ2n) is 7.36. The van der Waals surface area contributed by atoms with Crippen LogP contribution in [0.2, 0.25) is 5.02 Å². The van der Waals surface area contributed by atoms with Gasteiger partial charge in [-0.25, -0.2) is 4.39 Å². The van der Waals surface area contributed by atoms with Gasteiger partial charge in [0.2, 0.25) is 0 Å². The van der Waals surface area contributed by atoms with Crippen LogP contribution in [0.5, 0.6) is 0 Å². The number of hydrogen-bond donors (Lipinski definition) is 0. The molecule has 0 radical (unpaired) electrons. The third-order valence-corrected chi connectivity index (χ3v) is 5.86. The Morgan fingerprint density at radius 1 is 1.00 bits per heavy atom. The molecule has 30 heavy (non-hydrogen) atoms. The molecule has 0 N–H and O–H groups in total. The van der Waals surface area contributed by atoms with Crippen LogP contribution in [0.15, 0.2) is 58.5 Å². The fourth-order valence-corrected chi connectivity index (χ4v) is 3.99. The lowest BCUT2D eigenvalue weighted by atomic mass is 10.1. The number of allylic oxidation sites excluding steroid dienone is 1. The van der Waals surface area contributed by atoms with Crippen molar-refractivity contribution < 1.29 is 18.4 Å². The van der Waals surface area contributed by atoms with Crippen LogP contribution in [-0.4, -0.2) is 16.1 Å². The number of carbonyl (C=O) groups excluding carboxylic acids is 2. The highest BCUT2D eigenvalue weighted by atomic mass is 35.5. The Balaban J connectivity index is 1.55. The van der Waals surface area contributed by atoms with Crippen molar-refractivity contribution in [2.24, 2.45) is 7.05 Å². The summed E-state index contributed by atoms with van der Waals surface area (Å²) in [6, 6.07) is 13.0. The largest absolute Gasteiger partial charge is 0.455 e. The van der Waals surface area contributed by atoms with Gasteiger partial charge in [0.15, 0.2) is 17.1 Å². The number of nitrogens with zero attached hydrogens (tertiary/aromatic N) is 1. The van der Waals surface area contributed by atoms with Crippen LogP contribution in [0.25, 0.3) is 28.4 Å². The van der Waals surface area contributed by atoms with Crippen molar-refractivity contribution in [2.75, 3.05) is 0 Å². The highest BCUT2D eigenvalue weighted by Gasteiger charge is 2.34. The van der Waals surface area contributed by atoms with Crippen LogP contribution in [0, 0.1) is 12.7 Å². The highest BCUT2D eigenvalue weighted by Crippen LogP contribution is 2.34. The van der Waals surface area contributed by atoms with E-state index >= 15 is 0 Å². The van der Waals surface area contributed by atoms with Crippen LogP contribution in [-0.2, 0) is 7.05 Å². The predicted molar refractivity (Wildman–Crippen MR) is 113 cm³/mol. The zero-order chi connectivity index (χ0) is 21.2. The Morgan fingerprint density at radius 2 is 1.67 bits per heavy atom. The minimum Gasteiger partial charge on any atom is -0.455 e. The van der Waals surface area contributed by atoms with Crippen LogP contribution >= 0.6 is 11.6 Å². The fraction of sp³-hybridized carbons (Fsp3) is 0.0833. The summed E-state index contributed by atoms with van der Waals surface area (Å²) < 4.78 is 21.0. The van der Waals surface area contributed by atoms with E-state index in [4.69, 9.17) is 16.0 Å². The summed E-state index contributed by atoms with van der Waals surface area (Å²) in [7, 11) is 1.87. The first-order chi connectivity index (χ1) is 14.3. The van der Waals surface area contributed by atoms with Gasteiger partial charge in [-0.05, 0) is 60.5 Å². The van der Waals surface area contributed by atoms with Gasteiger partial charge in [-0.3, -0.25) is 9.59 Å². The van der Waals surface area contributed by atoms with Crippen molar-refractivity contribution in [3.63, 3.8) is 0 Å². The molecule has 1 aliphatic carbocycles. The van der Waals surface area contributed by atoms with Gasteiger partial charge in [0.25, 0.3) is 0 Å². The average Bonchev–Trinajstić information content (AvgIpc) is 3.32. The van der Waals surface area contributed by atoms with Gasteiger partial charge in [-0.2, -0.15) is 0 Å². The van der Waals surface area contributed by atoms with Gasteiger partial charge in [0, 0.05) is 35.3 Å². The Hall–Kier alpha value is -3.44. The maximum Gasteiger partial charge on any atom is 0.197 e. The van der Waals surface area contributed by atoms with E-state index in [9.17, 15) is 14.0 Å². The molecule has 0 saturated carbocycles. The van der Waals surface area contributed by atoms with E-state index in [1.54, 1.807) is 37.3 Å². The summed E-state index contributed by atoms with van der Waals surface area (Å²) in [4.78, 5) is 25.5. The van der Waals surface area contributed by atoms with Gasteiger partial charge in [-0.1, -0.05) is 11.6 Å². The normalized spacial score (nSPS) is 14.9. The minimum absolute atomic E-state index is 0.0597. The maximum absolute atomic E-state index is 13.2. The first-order valence-corrected chi connectivity index (χ1v) is 9.67. The number of benzene rings is 2. The molecular formula is C24H15ClFNO3. The van der Waals surface area contributed by atoms with Gasteiger partial charge < -0.3 is 8.98 Å². The fourth-order valence-electron chi connectivity index (χ4n) is 3.82. The monoisotopic (exact) mass is 419 g/mol. The number of ketones is 2. The van der Waals surface area contributed by atoms with Crippen LogP contribution < -0.4 is 0 Å². The summed E-state index contributed by atoms with van der Waals surface area (Å²) in [5.74, 6) is -0.575. The molecule has 2 aromatic carbocycles. The van der Waals surface area contributed by atoms with Gasteiger partial charge in [0.05, 0.1) is 16.8 Å². The topological polar surface area (TPSA) is 52.2 Å². The molecule has 2 heterocycles. The van der Waals surface area contributed by atoms with E-state index < -0.39 is 0 Å². The summed E-state index contributed by atoms with van der Waals surface area (Å²) >= 11 is 6.12. The lowest BCUT2D eigenvalue weighted by Crippen LogP contribution is -1.99. The standard InChI is InChI=1S/C24H15ClFNO3/c1-12-7-16-17(10-19(12)25)24(29)18(23(16)28)8-15-9-21-22(30-15)11-20(27(21)2)13-3-5-14(26)6-4-13/h3-11H,1-2H3/b18-8+. The summed E-state index contributed by atoms with van der Waals surface area (Å²) in [6.45, 7) is 1.79. The van der Waals surface area contributed by atoms with E-state index in [-0.39, 0.29) is 23.0 Å². The van der Waals surface area contributed by atoms with Gasteiger partial charge in [0.1, 0.15) is 11.6 Å². The van der Waals surface area contributed by atoms with Gasteiger partial charge in [-0.15, -0.1) is 0 Å². The quantitative estimate of drug-likeness (QED) is 0.295. The van der Waals surface area contributed by atoms with Crippen molar-refractivity contribution >= 4 is 40.3 Å². The Bertz CT molecular complexity index is 1360. The molecule has 0 spiro atoms. The van der Waals surface area contributed by atoms with Crippen molar-refractivity contribution in [3.8, 4) is 11.3 Å². The molecule has 0 aliphatic heterocycles. The number of carbonyl (C=O) groups is 2. The number of hydrogen-bond acceptors (Lipinski definition) is 3. The molecule has 0 amide bonds. The number of furan rings is 1. The lowest BCUT2D eigenvalue weighted by Gasteiger charge is -2.03. The SMILES string of the molecule is Cc1cc2c(cc1Cl)C(=O)/C(=C/c1cc3c(cc(-c4ccc(F)cc4)n3C)o1)C2=O. The van der Waals surface area contributed by atoms with Crippen molar-refractivity contribution in [2.45, 2.75) is 6.92 Å². The van der Waals surface area contributed by atoms with E-state index in [0.29, 0.717) is 27.5 Å². The molecule has 6 heteroatoms. The zero-order valence-corrected chi connectivity index (χ0v) is 16.9. The van der Waals surface area contributed by atoms with Crippen LogP contribution in [0.4, 0.5) is 4.39 Å². The molecule has 4 nitrogen and oxygen atoms in total. The van der Waals surface area contributed by atoms with E-state index in [1.807, 2.05) is 17.7 Å². The first-order valence-electron chi connectivity index (χ1n) is 9.30. The molecule has 148 valence electrons. The third kappa shape index (κ3) is 2.74. The molecule has 2 aromatic heterocycles. The number of fused-ring (bicyclic) bond motifs is 2. The number of rotatable bonds is 2. The summed E-state index contributed by atoms with van der Waals surface area (Å²) in [5, 5.41) is 0.452. The molecule has 4 aromatic rings. The summed E-state index contributed by atoms with van der Waals surface area (Å²) in [5.41, 5.74) is 4.62. The lowest BCUT2D eigenvalue weighted by molar-refractivity contribution is 0.0990.